The van der Waals surface area contributed by atoms with Gasteiger partial charge in [-0.15, -0.1) is 0 Å². The Balaban J connectivity index is 1.90. The average molecular weight is 335 g/mol. The number of hydrogen-bond donors (Lipinski definition) is 2. The number of carbonyl (C=O) groups excluding carboxylic acids is 1. The summed E-state index contributed by atoms with van der Waals surface area (Å²) in [5.74, 6) is 0.0640. The third-order valence-corrected chi connectivity index (χ3v) is 4.01. The molecule has 5 nitrogen and oxygen atoms in total. The van der Waals surface area contributed by atoms with Gasteiger partial charge in [-0.25, -0.2) is 4.79 Å². The second-order valence-corrected chi connectivity index (χ2v) is 7.74. The number of hydrogen-bond acceptors (Lipinski definition) is 4. The van der Waals surface area contributed by atoms with Crippen LogP contribution in [0.15, 0.2) is 30.3 Å². The molecule has 0 saturated carbocycles. The highest BCUT2D eigenvalue weighted by molar-refractivity contribution is 5.68. The number of amides is 1. The van der Waals surface area contributed by atoms with Crippen LogP contribution in [-0.4, -0.2) is 41.2 Å². The first kappa shape index (κ1) is 18.7. The zero-order valence-electron chi connectivity index (χ0n) is 15.2. The van der Waals surface area contributed by atoms with E-state index in [2.05, 4.69) is 5.32 Å². The van der Waals surface area contributed by atoms with E-state index in [-0.39, 0.29) is 18.1 Å². The first-order valence-electron chi connectivity index (χ1n) is 8.54. The van der Waals surface area contributed by atoms with Crippen LogP contribution in [0, 0.1) is 5.92 Å². The van der Waals surface area contributed by atoms with Gasteiger partial charge in [0.15, 0.2) is 0 Å². The minimum Gasteiger partial charge on any atom is -0.444 e. The van der Waals surface area contributed by atoms with Gasteiger partial charge in [0.2, 0.25) is 0 Å². The topological polar surface area (TPSA) is 71.1 Å². The molecule has 0 spiro atoms. The predicted octanol–water partition coefficient (Wildman–Crippen LogP) is 2.91. The summed E-state index contributed by atoms with van der Waals surface area (Å²) in [6, 6.07) is 9.64. The molecule has 1 aromatic carbocycles. The smallest absolute Gasteiger partial charge is 0.407 e. The van der Waals surface area contributed by atoms with Crippen molar-refractivity contribution in [1.29, 1.82) is 0 Å². The highest BCUT2D eigenvalue weighted by atomic mass is 16.6. The highest BCUT2D eigenvalue weighted by Gasteiger charge is 2.48. The summed E-state index contributed by atoms with van der Waals surface area (Å²) in [5, 5.41) is 13.4. The fourth-order valence-corrected chi connectivity index (χ4v) is 2.76. The molecule has 0 unspecified atom stereocenters. The van der Waals surface area contributed by atoms with Crippen molar-refractivity contribution in [2.75, 3.05) is 0 Å². The Morgan fingerprint density at radius 2 is 1.92 bits per heavy atom. The monoisotopic (exact) mass is 335 g/mol. The Labute approximate surface area is 144 Å². The van der Waals surface area contributed by atoms with Crippen molar-refractivity contribution >= 4 is 6.09 Å². The van der Waals surface area contributed by atoms with Crippen molar-refractivity contribution in [2.24, 2.45) is 5.92 Å². The zero-order chi connectivity index (χ0) is 17.9. The van der Waals surface area contributed by atoms with Gasteiger partial charge in [-0.2, -0.15) is 0 Å². The summed E-state index contributed by atoms with van der Waals surface area (Å²) in [5.41, 5.74) is 0.612. The van der Waals surface area contributed by atoms with Gasteiger partial charge in [0.25, 0.3) is 0 Å². The Kier molecular flexibility index (Phi) is 5.88. The van der Waals surface area contributed by atoms with E-state index in [9.17, 15) is 9.90 Å². The van der Waals surface area contributed by atoms with E-state index in [0.29, 0.717) is 0 Å². The maximum atomic E-state index is 12.0. The number of carbonyl (C=O) groups is 1. The van der Waals surface area contributed by atoms with Crippen LogP contribution in [0.25, 0.3) is 0 Å². The Hall–Kier alpha value is -1.59. The van der Waals surface area contributed by atoms with E-state index in [4.69, 9.17) is 9.47 Å². The van der Waals surface area contributed by atoms with Gasteiger partial charge in [-0.1, -0.05) is 44.2 Å². The quantitative estimate of drug-likeness (QED) is 0.784. The minimum absolute atomic E-state index is 0.0101. The SMILES string of the molecule is CC(C)[C@H](NC(=O)OC(C)(C)C)[C@H](O)[C@H]1O[C@@H]1Cc1ccccc1. The number of nitrogens with one attached hydrogen (secondary N) is 1. The molecular formula is C19H29NO4. The van der Waals surface area contributed by atoms with Crippen molar-refractivity contribution in [3.63, 3.8) is 0 Å². The molecule has 1 saturated heterocycles. The molecule has 1 heterocycles. The number of ether oxygens (including phenoxy) is 2. The standard InChI is InChI=1S/C19H29NO4/c1-12(2)15(20-18(22)24-19(3,4)5)16(21)17-14(23-17)11-13-9-7-6-8-10-13/h6-10,12,14-17,21H,11H2,1-5H3,(H,20,22)/t14-,15+,16+,17+/m1/s1. The van der Waals surface area contributed by atoms with Gasteiger partial charge in [0.05, 0.1) is 12.1 Å². The lowest BCUT2D eigenvalue weighted by Gasteiger charge is -2.28. The molecule has 1 amide bonds. The number of aliphatic hydroxyl groups excluding tert-OH is 1. The van der Waals surface area contributed by atoms with Crippen molar-refractivity contribution in [3.05, 3.63) is 35.9 Å². The lowest BCUT2D eigenvalue weighted by Crippen LogP contribution is -2.50. The maximum absolute atomic E-state index is 12.0. The third-order valence-electron chi connectivity index (χ3n) is 4.01. The molecular weight excluding hydrogens is 306 g/mol. The second kappa shape index (κ2) is 7.53. The van der Waals surface area contributed by atoms with Crippen LogP contribution in [0.5, 0.6) is 0 Å². The molecule has 0 aromatic heterocycles. The first-order valence-corrected chi connectivity index (χ1v) is 8.54. The summed E-state index contributed by atoms with van der Waals surface area (Å²) in [6.45, 7) is 9.35. The van der Waals surface area contributed by atoms with Crippen molar-refractivity contribution in [3.8, 4) is 0 Å². The number of aliphatic hydroxyl groups is 1. The average Bonchev–Trinajstić information content (AvgIpc) is 3.22. The van der Waals surface area contributed by atoms with Crippen LogP contribution in [0.2, 0.25) is 0 Å². The van der Waals surface area contributed by atoms with Crippen molar-refractivity contribution in [2.45, 2.75) is 71.0 Å². The Morgan fingerprint density at radius 1 is 1.29 bits per heavy atom. The Bertz CT molecular complexity index is 538. The summed E-state index contributed by atoms with van der Waals surface area (Å²) in [6.07, 6.45) is -0.775. The molecule has 1 fully saturated rings. The Morgan fingerprint density at radius 3 is 2.46 bits per heavy atom. The van der Waals surface area contributed by atoms with Crippen LogP contribution in [0.1, 0.15) is 40.2 Å². The molecule has 1 aliphatic rings. The van der Waals surface area contributed by atoms with Gasteiger partial charge >= 0.3 is 6.09 Å². The molecule has 2 N–H and O–H groups in total. The van der Waals surface area contributed by atoms with E-state index in [0.717, 1.165) is 6.42 Å². The molecule has 0 radical (unpaired) electrons. The maximum Gasteiger partial charge on any atom is 0.407 e. The summed E-state index contributed by atoms with van der Waals surface area (Å²) >= 11 is 0. The summed E-state index contributed by atoms with van der Waals surface area (Å²) in [7, 11) is 0. The minimum atomic E-state index is -0.758. The zero-order valence-corrected chi connectivity index (χ0v) is 15.2. The molecule has 4 atom stereocenters. The molecule has 134 valence electrons. The van der Waals surface area contributed by atoms with Crippen LogP contribution >= 0.6 is 0 Å². The van der Waals surface area contributed by atoms with Crippen molar-refractivity contribution in [1.82, 2.24) is 5.32 Å². The summed E-state index contributed by atoms with van der Waals surface area (Å²) in [4.78, 5) is 12.0. The van der Waals surface area contributed by atoms with Crippen LogP contribution in [-0.2, 0) is 15.9 Å². The molecule has 24 heavy (non-hydrogen) atoms. The van der Waals surface area contributed by atoms with Gasteiger partial charge in [-0.05, 0) is 32.3 Å². The fourth-order valence-electron chi connectivity index (χ4n) is 2.76. The molecule has 1 aromatic rings. The van der Waals surface area contributed by atoms with Gasteiger partial charge in [0.1, 0.15) is 17.8 Å². The largest absolute Gasteiger partial charge is 0.444 e. The van der Waals surface area contributed by atoms with Gasteiger partial charge in [0, 0.05) is 6.42 Å². The second-order valence-electron chi connectivity index (χ2n) is 7.74. The van der Waals surface area contributed by atoms with E-state index in [1.165, 1.54) is 5.56 Å². The lowest BCUT2D eigenvalue weighted by atomic mass is 9.94. The van der Waals surface area contributed by atoms with Gasteiger partial charge in [-0.3, -0.25) is 0 Å². The van der Waals surface area contributed by atoms with Crippen LogP contribution in [0.3, 0.4) is 0 Å². The van der Waals surface area contributed by atoms with E-state index >= 15 is 0 Å². The van der Waals surface area contributed by atoms with E-state index in [1.54, 1.807) is 0 Å². The first-order chi connectivity index (χ1) is 11.2. The van der Waals surface area contributed by atoms with Crippen LogP contribution < -0.4 is 5.32 Å². The highest BCUT2D eigenvalue weighted by Crippen LogP contribution is 2.31. The summed E-state index contributed by atoms with van der Waals surface area (Å²) < 4.78 is 10.9. The fraction of sp³-hybridized carbons (Fsp3) is 0.632. The molecule has 0 aliphatic carbocycles. The van der Waals surface area contributed by atoms with E-state index in [1.807, 2.05) is 65.0 Å². The van der Waals surface area contributed by atoms with Crippen molar-refractivity contribution < 1.29 is 19.4 Å². The number of alkyl carbamates (subject to hydrolysis) is 1. The number of epoxide rings is 1. The predicted molar refractivity (Wildman–Crippen MR) is 92.8 cm³/mol. The number of rotatable bonds is 6. The third kappa shape index (κ3) is 5.49. The normalized spacial score (nSPS) is 22.8. The molecule has 0 bridgehead atoms. The molecule has 1 aliphatic heterocycles. The van der Waals surface area contributed by atoms with E-state index < -0.39 is 23.8 Å². The lowest BCUT2D eigenvalue weighted by molar-refractivity contribution is 0.0326. The van der Waals surface area contributed by atoms with Gasteiger partial charge < -0.3 is 19.9 Å². The molecule has 5 heteroatoms. The molecule has 2 rings (SSSR count). The number of benzene rings is 1. The van der Waals surface area contributed by atoms with Crippen LogP contribution in [0.4, 0.5) is 4.79 Å².